The summed E-state index contributed by atoms with van der Waals surface area (Å²) in [5.74, 6) is 0.0851. The lowest BCUT2D eigenvalue weighted by Crippen LogP contribution is -2.13. The van der Waals surface area contributed by atoms with Crippen LogP contribution in [0.15, 0.2) is 96.6 Å². The first kappa shape index (κ1) is 30.1. The van der Waals surface area contributed by atoms with Crippen LogP contribution in [-0.2, 0) is 18.0 Å². The SMILES string of the molecule is CCOc1cc(/C=C(\C#N)C(=O)Nc2ccc(OCc3ccccc3)cc2)cc(I)c1OCc1ccc(C(=O)O)cc1. The third-order valence-corrected chi connectivity index (χ3v) is 6.75. The van der Waals surface area contributed by atoms with Crippen molar-refractivity contribution in [2.75, 3.05) is 11.9 Å². The van der Waals surface area contributed by atoms with Gasteiger partial charge in [-0.1, -0.05) is 42.5 Å². The van der Waals surface area contributed by atoms with Crippen molar-refractivity contribution in [3.05, 3.63) is 122 Å². The molecule has 0 aromatic heterocycles. The van der Waals surface area contributed by atoms with Gasteiger partial charge < -0.3 is 24.6 Å². The fourth-order valence-electron chi connectivity index (χ4n) is 3.86. The van der Waals surface area contributed by atoms with Gasteiger partial charge in [-0.15, -0.1) is 0 Å². The van der Waals surface area contributed by atoms with Crippen LogP contribution in [0.5, 0.6) is 17.2 Å². The van der Waals surface area contributed by atoms with E-state index in [0.717, 1.165) is 14.7 Å². The molecule has 42 heavy (non-hydrogen) atoms. The predicted octanol–water partition coefficient (Wildman–Crippen LogP) is 7.09. The molecule has 0 bridgehead atoms. The van der Waals surface area contributed by atoms with Crippen LogP contribution in [0.25, 0.3) is 6.08 Å². The highest BCUT2D eigenvalue weighted by Crippen LogP contribution is 2.35. The molecule has 0 saturated heterocycles. The minimum atomic E-state index is -0.994. The lowest BCUT2D eigenvalue weighted by Gasteiger charge is -2.15. The maximum absolute atomic E-state index is 12.9. The molecule has 0 aliphatic rings. The number of hydrogen-bond acceptors (Lipinski definition) is 6. The molecule has 4 aromatic rings. The van der Waals surface area contributed by atoms with Gasteiger partial charge in [-0.05, 0) is 101 Å². The van der Waals surface area contributed by atoms with Gasteiger partial charge >= 0.3 is 5.97 Å². The summed E-state index contributed by atoms with van der Waals surface area (Å²) in [4.78, 5) is 24.0. The van der Waals surface area contributed by atoms with Crippen molar-refractivity contribution in [3.63, 3.8) is 0 Å². The Morgan fingerprint density at radius 3 is 2.21 bits per heavy atom. The second kappa shape index (κ2) is 14.7. The van der Waals surface area contributed by atoms with E-state index in [1.54, 1.807) is 48.5 Å². The van der Waals surface area contributed by atoms with Crippen molar-refractivity contribution in [2.24, 2.45) is 0 Å². The molecule has 4 aromatic carbocycles. The molecule has 0 heterocycles. The molecular weight excluding hydrogens is 647 g/mol. The molecule has 0 radical (unpaired) electrons. The minimum Gasteiger partial charge on any atom is -0.490 e. The lowest BCUT2D eigenvalue weighted by atomic mass is 10.1. The van der Waals surface area contributed by atoms with Gasteiger partial charge in [-0.3, -0.25) is 4.79 Å². The van der Waals surface area contributed by atoms with E-state index in [4.69, 9.17) is 19.3 Å². The number of nitrogens with zero attached hydrogens (tertiary/aromatic N) is 1. The Hall–Kier alpha value is -4.82. The maximum atomic E-state index is 12.9. The Morgan fingerprint density at radius 2 is 1.57 bits per heavy atom. The highest BCUT2D eigenvalue weighted by molar-refractivity contribution is 14.1. The van der Waals surface area contributed by atoms with Crippen LogP contribution in [-0.4, -0.2) is 23.6 Å². The zero-order chi connectivity index (χ0) is 29.9. The van der Waals surface area contributed by atoms with Gasteiger partial charge in [0.2, 0.25) is 0 Å². The van der Waals surface area contributed by atoms with E-state index in [0.29, 0.717) is 41.7 Å². The van der Waals surface area contributed by atoms with E-state index in [1.807, 2.05) is 43.3 Å². The number of anilines is 1. The van der Waals surface area contributed by atoms with Crippen LogP contribution < -0.4 is 19.5 Å². The molecule has 212 valence electrons. The van der Waals surface area contributed by atoms with Crippen LogP contribution in [0.4, 0.5) is 5.69 Å². The molecule has 4 rings (SSSR count). The summed E-state index contributed by atoms with van der Waals surface area (Å²) in [5.41, 5.74) is 3.08. The molecule has 0 unspecified atom stereocenters. The number of benzene rings is 4. The van der Waals surface area contributed by atoms with E-state index in [1.165, 1.54) is 18.2 Å². The number of carbonyl (C=O) groups is 2. The van der Waals surface area contributed by atoms with Gasteiger partial charge in [-0.2, -0.15) is 5.26 Å². The first-order chi connectivity index (χ1) is 20.4. The number of hydrogen-bond donors (Lipinski definition) is 2. The Bertz CT molecular complexity index is 1610. The van der Waals surface area contributed by atoms with Crippen LogP contribution in [0.1, 0.15) is 34.0 Å². The molecule has 0 atom stereocenters. The summed E-state index contributed by atoms with van der Waals surface area (Å²) in [6, 6.07) is 28.6. The number of carboxylic acid groups (broad SMARTS) is 1. The average molecular weight is 674 g/mol. The number of carboxylic acids is 1. The van der Waals surface area contributed by atoms with Crippen molar-refractivity contribution in [3.8, 4) is 23.3 Å². The monoisotopic (exact) mass is 674 g/mol. The fraction of sp³-hybridized carbons (Fsp3) is 0.121. The second-order valence-corrected chi connectivity index (χ2v) is 10.1. The van der Waals surface area contributed by atoms with Crippen LogP contribution in [0.2, 0.25) is 0 Å². The van der Waals surface area contributed by atoms with Crippen molar-refractivity contribution >= 4 is 46.2 Å². The van der Waals surface area contributed by atoms with Gasteiger partial charge in [0.25, 0.3) is 5.91 Å². The first-order valence-electron chi connectivity index (χ1n) is 13.0. The predicted molar refractivity (Wildman–Crippen MR) is 167 cm³/mol. The highest BCUT2D eigenvalue weighted by Gasteiger charge is 2.15. The first-order valence-corrected chi connectivity index (χ1v) is 14.1. The largest absolute Gasteiger partial charge is 0.490 e. The van der Waals surface area contributed by atoms with Gasteiger partial charge in [0.15, 0.2) is 11.5 Å². The summed E-state index contributed by atoms with van der Waals surface area (Å²) in [5, 5.41) is 21.6. The fourth-order valence-corrected chi connectivity index (χ4v) is 4.64. The number of nitrogens with one attached hydrogen (secondary N) is 1. The molecule has 8 nitrogen and oxygen atoms in total. The summed E-state index contributed by atoms with van der Waals surface area (Å²) in [6.07, 6.45) is 1.49. The zero-order valence-corrected chi connectivity index (χ0v) is 24.8. The van der Waals surface area contributed by atoms with Gasteiger partial charge in [0.05, 0.1) is 15.7 Å². The number of aromatic carboxylic acids is 1. The smallest absolute Gasteiger partial charge is 0.335 e. The van der Waals surface area contributed by atoms with Gasteiger partial charge in [-0.25, -0.2) is 4.79 Å². The highest BCUT2D eigenvalue weighted by atomic mass is 127. The molecule has 0 saturated carbocycles. The van der Waals surface area contributed by atoms with Crippen molar-refractivity contribution in [2.45, 2.75) is 20.1 Å². The third kappa shape index (κ3) is 8.34. The molecule has 9 heteroatoms. The maximum Gasteiger partial charge on any atom is 0.335 e. The molecule has 0 fully saturated rings. The summed E-state index contributed by atoms with van der Waals surface area (Å²) >= 11 is 2.11. The summed E-state index contributed by atoms with van der Waals surface area (Å²) < 4.78 is 18.3. The number of halogens is 1. The standard InChI is InChI=1S/C33H27IN2O6/c1-2-40-30-18-24(17-29(34)31(30)42-21-23-8-10-25(11-9-23)33(38)39)16-26(19-35)32(37)36-27-12-14-28(15-13-27)41-20-22-6-4-3-5-7-22/h3-18H,2,20-21H2,1H3,(H,36,37)(H,38,39)/b26-16+. The molecule has 0 aliphatic heterocycles. The molecule has 1 amide bonds. The number of carbonyl (C=O) groups excluding carboxylic acids is 1. The molecular formula is C33H27IN2O6. The number of rotatable bonds is 12. The molecule has 0 aliphatic carbocycles. The second-order valence-electron chi connectivity index (χ2n) is 8.98. The lowest BCUT2D eigenvalue weighted by molar-refractivity contribution is -0.112. The van der Waals surface area contributed by atoms with E-state index in [-0.39, 0.29) is 17.7 Å². The van der Waals surface area contributed by atoms with Crippen LogP contribution in [0, 0.1) is 14.9 Å². The van der Waals surface area contributed by atoms with E-state index >= 15 is 0 Å². The van der Waals surface area contributed by atoms with Gasteiger partial charge in [0, 0.05) is 5.69 Å². The Balaban J connectivity index is 1.43. The van der Waals surface area contributed by atoms with E-state index in [2.05, 4.69) is 27.9 Å². The van der Waals surface area contributed by atoms with Crippen molar-refractivity contribution < 1.29 is 28.9 Å². The Morgan fingerprint density at radius 1 is 0.905 bits per heavy atom. The minimum absolute atomic E-state index is 0.0789. The quantitative estimate of drug-likeness (QED) is 0.0936. The Kier molecular flexibility index (Phi) is 10.6. The third-order valence-electron chi connectivity index (χ3n) is 5.95. The van der Waals surface area contributed by atoms with Crippen LogP contribution >= 0.6 is 22.6 Å². The van der Waals surface area contributed by atoms with Gasteiger partial charge in [0.1, 0.15) is 30.6 Å². The van der Waals surface area contributed by atoms with E-state index < -0.39 is 11.9 Å². The normalized spacial score (nSPS) is 10.8. The van der Waals surface area contributed by atoms with Crippen molar-refractivity contribution in [1.29, 1.82) is 5.26 Å². The summed E-state index contributed by atoms with van der Waals surface area (Å²) in [7, 11) is 0. The molecule has 2 N–H and O–H groups in total. The molecule has 0 spiro atoms. The summed E-state index contributed by atoms with van der Waals surface area (Å²) in [6.45, 7) is 2.85. The van der Waals surface area contributed by atoms with Crippen LogP contribution in [0.3, 0.4) is 0 Å². The Labute approximate surface area is 257 Å². The average Bonchev–Trinajstić information content (AvgIpc) is 3.00. The van der Waals surface area contributed by atoms with E-state index in [9.17, 15) is 14.9 Å². The zero-order valence-electron chi connectivity index (χ0n) is 22.7. The number of nitriles is 1. The number of amides is 1. The number of ether oxygens (including phenoxy) is 3. The topological polar surface area (TPSA) is 118 Å². The van der Waals surface area contributed by atoms with Crippen molar-refractivity contribution in [1.82, 2.24) is 0 Å².